The molecule has 1 atom stereocenters. The predicted molar refractivity (Wildman–Crippen MR) is 89.7 cm³/mol. The van der Waals surface area contributed by atoms with Crippen molar-refractivity contribution in [3.63, 3.8) is 0 Å². The summed E-state index contributed by atoms with van der Waals surface area (Å²) < 4.78 is 18.6. The summed E-state index contributed by atoms with van der Waals surface area (Å²) in [6.07, 6.45) is 1.73. The van der Waals surface area contributed by atoms with Crippen LogP contribution >= 0.6 is 11.6 Å². The van der Waals surface area contributed by atoms with E-state index < -0.39 is 5.82 Å². The van der Waals surface area contributed by atoms with Crippen molar-refractivity contribution < 1.29 is 13.7 Å². The molecule has 0 radical (unpaired) electrons. The lowest BCUT2D eigenvalue weighted by atomic mass is 10.1. The normalized spacial score (nSPS) is 17.5. The van der Waals surface area contributed by atoms with Crippen LogP contribution in [-0.4, -0.2) is 22.6 Å². The van der Waals surface area contributed by atoms with Crippen LogP contribution in [0.5, 0.6) is 0 Å². The van der Waals surface area contributed by atoms with E-state index in [2.05, 4.69) is 10.5 Å². The van der Waals surface area contributed by atoms with E-state index >= 15 is 0 Å². The second-order valence-corrected chi connectivity index (χ2v) is 6.63. The molecule has 1 N–H and O–H groups in total. The van der Waals surface area contributed by atoms with Crippen LogP contribution in [0.15, 0.2) is 28.8 Å². The number of anilines is 1. The number of nitrogens with one attached hydrogen (secondary N) is 1. The Labute approximate surface area is 144 Å². The summed E-state index contributed by atoms with van der Waals surface area (Å²) in [6.45, 7) is 4.69. The second-order valence-electron chi connectivity index (χ2n) is 6.22. The Hall–Kier alpha value is -2.08. The van der Waals surface area contributed by atoms with Crippen LogP contribution in [0.4, 0.5) is 14.9 Å². The molecule has 3 rings (SSSR count). The molecule has 7 heteroatoms. The third-order valence-corrected chi connectivity index (χ3v) is 4.43. The Morgan fingerprint density at radius 1 is 1.46 bits per heavy atom. The number of nitrogens with zero attached hydrogens (tertiary/aromatic N) is 2. The highest BCUT2D eigenvalue weighted by Gasteiger charge is 2.32. The highest BCUT2D eigenvalue weighted by atomic mass is 35.5. The van der Waals surface area contributed by atoms with Gasteiger partial charge in [0.1, 0.15) is 17.3 Å². The standard InChI is InChI=1S/C17H19ClFN3O2/c1-10(2)16-9-14(21-24-16)15-4-3-7-22(15)17(23)20-11-5-6-13(19)12(18)8-11/h5-6,8-10,15H,3-4,7H2,1-2H3,(H,20,23). The maximum atomic E-state index is 13.2. The van der Waals surface area contributed by atoms with E-state index in [4.69, 9.17) is 16.1 Å². The fourth-order valence-corrected chi connectivity index (χ4v) is 3.00. The molecule has 1 saturated heterocycles. The van der Waals surface area contributed by atoms with Gasteiger partial charge in [-0.15, -0.1) is 0 Å². The Kier molecular flexibility index (Phi) is 4.76. The van der Waals surface area contributed by atoms with Crippen molar-refractivity contribution in [2.24, 2.45) is 0 Å². The molecular formula is C17H19ClFN3O2. The van der Waals surface area contributed by atoms with E-state index in [1.165, 1.54) is 18.2 Å². The van der Waals surface area contributed by atoms with Crippen molar-refractivity contribution in [1.82, 2.24) is 10.1 Å². The van der Waals surface area contributed by atoms with E-state index in [0.717, 1.165) is 24.3 Å². The van der Waals surface area contributed by atoms with Gasteiger partial charge in [0, 0.05) is 24.2 Å². The van der Waals surface area contributed by atoms with Crippen LogP contribution in [0.2, 0.25) is 5.02 Å². The number of carbonyl (C=O) groups is 1. The van der Waals surface area contributed by atoms with E-state index in [0.29, 0.717) is 12.2 Å². The van der Waals surface area contributed by atoms with Crippen LogP contribution in [0.25, 0.3) is 0 Å². The zero-order valence-corrected chi connectivity index (χ0v) is 14.3. The van der Waals surface area contributed by atoms with Gasteiger partial charge in [-0.25, -0.2) is 9.18 Å². The van der Waals surface area contributed by atoms with E-state index in [1.54, 1.807) is 4.90 Å². The fraction of sp³-hybridized carbons (Fsp3) is 0.412. The van der Waals surface area contributed by atoms with Crippen LogP contribution in [0, 0.1) is 5.82 Å². The summed E-state index contributed by atoms with van der Waals surface area (Å²) in [5.74, 6) is 0.538. The van der Waals surface area contributed by atoms with Gasteiger partial charge < -0.3 is 14.7 Å². The summed E-state index contributed by atoms with van der Waals surface area (Å²) in [7, 11) is 0. The van der Waals surface area contributed by atoms with E-state index in [9.17, 15) is 9.18 Å². The average Bonchev–Trinajstić information content (AvgIpc) is 3.18. The second kappa shape index (κ2) is 6.81. The first-order valence-corrected chi connectivity index (χ1v) is 8.32. The summed E-state index contributed by atoms with van der Waals surface area (Å²) in [5.41, 5.74) is 1.23. The van der Waals surface area contributed by atoms with Gasteiger partial charge in [0.15, 0.2) is 0 Å². The number of hydrogen-bond acceptors (Lipinski definition) is 3. The molecule has 2 amide bonds. The number of likely N-dealkylation sites (tertiary alicyclic amines) is 1. The van der Waals surface area contributed by atoms with Gasteiger partial charge in [-0.1, -0.05) is 30.6 Å². The molecule has 1 aromatic carbocycles. The minimum absolute atomic E-state index is 0.0242. The van der Waals surface area contributed by atoms with E-state index in [-0.39, 0.29) is 23.0 Å². The first-order chi connectivity index (χ1) is 11.5. The monoisotopic (exact) mass is 351 g/mol. The Morgan fingerprint density at radius 2 is 2.25 bits per heavy atom. The molecule has 2 heterocycles. The fourth-order valence-electron chi connectivity index (χ4n) is 2.82. The van der Waals surface area contributed by atoms with Gasteiger partial charge in [-0.05, 0) is 31.0 Å². The molecule has 0 spiro atoms. The summed E-state index contributed by atoms with van der Waals surface area (Å²) >= 11 is 5.75. The molecule has 1 aliphatic rings. The lowest BCUT2D eigenvalue weighted by Gasteiger charge is -2.23. The first-order valence-electron chi connectivity index (χ1n) is 7.95. The largest absolute Gasteiger partial charge is 0.361 e. The van der Waals surface area contributed by atoms with Gasteiger partial charge in [-0.3, -0.25) is 0 Å². The Morgan fingerprint density at radius 3 is 2.92 bits per heavy atom. The molecule has 0 saturated carbocycles. The third-order valence-electron chi connectivity index (χ3n) is 4.14. The highest BCUT2D eigenvalue weighted by Crippen LogP contribution is 2.33. The molecule has 0 aliphatic carbocycles. The van der Waals surface area contributed by atoms with E-state index in [1.807, 2.05) is 19.9 Å². The lowest BCUT2D eigenvalue weighted by Crippen LogP contribution is -2.34. The van der Waals surface area contributed by atoms with Crippen LogP contribution in [0.3, 0.4) is 0 Å². The zero-order valence-electron chi connectivity index (χ0n) is 13.6. The number of carbonyl (C=O) groups excluding carboxylic acids is 1. The molecule has 1 unspecified atom stereocenters. The summed E-state index contributed by atoms with van der Waals surface area (Å²) in [6, 6.07) is 5.65. The quantitative estimate of drug-likeness (QED) is 0.850. The Balaban J connectivity index is 1.74. The van der Waals surface area contributed by atoms with Gasteiger partial charge in [0.2, 0.25) is 0 Å². The molecule has 1 aliphatic heterocycles. The van der Waals surface area contributed by atoms with Crippen LogP contribution in [-0.2, 0) is 0 Å². The van der Waals surface area contributed by atoms with Crippen molar-refractivity contribution in [3.8, 4) is 0 Å². The minimum atomic E-state index is -0.516. The number of amides is 2. The summed E-state index contributed by atoms with van der Waals surface area (Å²) in [4.78, 5) is 14.3. The van der Waals surface area contributed by atoms with Crippen molar-refractivity contribution in [1.29, 1.82) is 0 Å². The molecule has 0 bridgehead atoms. The molecule has 2 aromatic rings. The highest BCUT2D eigenvalue weighted by molar-refractivity contribution is 6.31. The number of benzene rings is 1. The topological polar surface area (TPSA) is 58.4 Å². The molecular weight excluding hydrogens is 333 g/mol. The first kappa shape index (κ1) is 16.8. The molecule has 24 heavy (non-hydrogen) atoms. The minimum Gasteiger partial charge on any atom is -0.361 e. The number of urea groups is 1. The SMILES string of the molecule is CC(C)c1cc(C2CCCN2C(=O)Nc2ccc(F)c(Cl)c2)no1. The van der Waals surface area contributed by atoms with Gasteiger partial charge in [0.25, 0.3) is 0 Å². The van der Waals surface area contributed by atoms with Gasteiger partial charge >= 0.3 is 6.03 Å². The maximum Gasteiger partial charge on any atom is 0.322 e. The number of rotatable bonds is 3. The lowest BCUT2D eigenvalue weighted by molar-refractivity contribution is 0.204. The van der Waals surface area contributed by atoms with Crippen LogP contribution < -0.4 is 5.32 Å². The number of halogens is 2. The zero-order chi connectivity index (χ0) is 17.3. The smallest absolute Gasteiger partial charge is 0.322 e. The summed E-state index contributed by atoms with van der Waals surface area (Å²) in [5, 5.41) is 6.85. The van der Waals surface area contributed by atoms with Gasteiger partial charge in [0.05, 0.1) is 11.1 Å². The third kappa shape index (κ3) is 3.38. The molecule has 128 valence electrons. The molecule has 5 nitrogen and oxygen atoms in total. The van der Waals surface area contributed by atoms with Crippen LogP contribution in [0.1, 0.15) is 50.1 Å². The van der Waals surface area contributed by atoms with Crippen molar-refractivity contribution >= 4 is 23.3 Å². The van der Waals surface area contributed by atoms with Gasteiger partial charge in [-0.2, -0.15) is 0 Å². The molecule has 1 fully saturated rings. The number of aromatic nitrogens is 1. The number of hydrogen-bond donors (Lipinski definition) is 1. The average molecular weight is 352 g/mol. The van der Waals surface area contributed by atoms with Crippen molar-refractivity contribution in [2.45, 2.75) is 38.6 Å². The van der Waals surface area contributed by atoms with Crippen molar-refractivity contribution in [2.75, 3.05) is 11.9 Å². The maximum absolute atomic E-state index is 13.2. The molecule has 1 aromatic heterocycles. The predicted octanol–water partition coefficient (Wildman–Crippen LogP) is 4.96. The Bertz CT molecular complexity index is 747. The van der Waals surface area contributed by atoms with Crippen molar-refractivity contribution in [3.05, 3.63) is 46.6 Å².